The molecule has 1 fully saturated rings. The van der Waals surface area contributed by atoms with Crippen LogP contribution in [0.3, 0.4) is 0 Å². The van der Waals surface area contributed by atoms with Crippen LogP contribution in [0.1, 0.15) is 31.0 Å². The molecule has 0 saturated carbocycles. The van der Waals surface area contributed by atoms with Crippen LogP contribution >= 0.6 is 0 Å². The van der Waals surface area contributed by atoms with E-state index in [2.05, 4.69) is 21.9 Å². The average Bonchev–Trinajstić information content (AvgIpc) is 3.34. The lowest BCUT2D eigenvalue weighted by atomic mass is 9.95. The van der Waals surface area contributed by atoms with E-state index in [1.807, 2.05) is 13.8 Å². The van der Waals surface area contributed by atoms with E-state index in [0.717, 1.165) is 11.6 Å². The summed E-state index contributed by atoms with van der Waals surface area (Å²) in [5, 5.41) is 3.05. The Morgan fingerprint density at radius 2 is 1.85 bits per heavy atom. The summed E-state index contributed by atoms with van der Waals surface area (Å²) in [4.78, 5) is 20.4. The number of benzene rings is 2. The van der Waals surface area contributed by atoms with E-state index >= 15 is 0 Å². The molecule has 1 aliphatic heterocycles. The molecule has 3 aromatic rings. The maximum atomic E-state index is 14.8. The number of esters is 1. The topological polar surface area (TPSA) is 137 Å². The zero-order valence-corrected chi connectivity index (χ0v) is 24.0. The van der Waals surface area contributed by atoms with Gasteiger partial charge in [0.15, 0.2) is 5.69 Å². The van der Waals surface area contributed by atoms with E-state index in [9.17, 15) is 22.0 Å². The minimum absolute atomic E-state index is 0.0666. The quantitative estimate of drug-likeness (QED) is 0.208. The molecule has 2 N–H and O–H groups in total. The molecule has 222 valence electrons. The summed E-state index contributed by atoms with van der Waals surface area (Å²) in [5.74, 6) is -3.74. The van der Waals surface area contributed by atoms with Gasteiger partial charge in [-0.25, -0.2) is 9.97 Å². The summed E-state index contributed by atoms with van der Waals surface area (Å²) in [6.45, 7) is 7.44. The Hall–Kier alpha value is -3.68. The van der Waals surface area contributed by atoms with E-state index in [1.165, 1.54) is 26.4 Å². The highest BCUT2D eigenvalue weighted by molar-refractivity contribution is 7.85. The Kier molecular flexibility index (Phi) is 10.3. The highest BCUT2D eigenvalue weighted by Gasteiger charge is 2.43. The number of rotatable bonds is 9. The molecule has 1 saturated heterocycles. The molecule has 13 heteroatoms. The van der Waals surface area contributed by atoms with Gasteiger partial charge in [0.25, 0.3) is 16.0 Å². The first-order valence-corrected chi connectivity index (χ1v) is 14.2. The van der Waals surface area contributed by atoms with Gasteiger partial charge in [0.1, 0.15) is 17.9 Å². The highest BCUT2D eigenvalue weighted by Crippen LogP contribution is 2.38. The van der Waals surface area contributed by atoms with E-state index in [4.69, 9.17) is 18.8 Å². The van der Waals surface area contributed by atoms with Crippen LogP contribution < -0.4 is 14.8 Å². The second-order valence-electron chi connectivity index (χ2n) is 9.35. The van der Waals surface area contributed by atoms with Gasteiger partial charge in [0.2, 0.25) is 5.88 Å². The van der Waals surface area contributed by atoms with Gasteiger partial charge >= 0.3 is 5.97 Å². The summed E-state index contributed by atoms with van der Waals surface area (Å²) in [5.41, 5.74) is 1.06. The number of carbonyl (C=O) groups is 1. The molecule has 1 unspecified atom stereocenters. The van der Waals surface area contributed by atoms with Gasteiger partial charge in [-0.05, 0) is 37.6 Å². The van der Waals surface area contributed by atoms with Crippen molar-refractivity contribution in [3.8, 4) is 11.6 Å². The van der Waals surface area contributed by atoms with E-state index in [0.29, 0.717) is 29.7 Å². The Labute approximate surface area is 237 Å². The number of alkyl halides is 2. The van der Waals surface area contributed by atoms with Gasteiger partial charge in [-0.3, -0.25) is 9.35 Å². The van der Waals surface area contributed by atoms with Crippen molar-refractivity contribution in [2.45, 2.75) is 49.7 Å². The molecule has 10 nitrogen and oxygen atoms in total. The number of aryl methyl sites for hydroxylation is 1. The maximum absolute atomic E-state index is 14.8. The van der Waals surface area contributed by atoms with Crippen molar-refractivity contribution in [3.05, 3.63) is 66.4 Å². The minimum atomic E-state index is -4.02. The lowest BCUT2D eigenvalue weighted by Gasteiger charge is -2.24. The number of methoxy groups -OCH3 is 2. The smallest absolute Gasteiger partial charge is 0.323 e. The van der Waals surface area contributed by atoms with Crippen LogP contribution in [-0.2, 0) is 25.6 Å². The molecule has 1 aromatic heterocycles. The monoisotopic (exact) mass is 593 g/mol. The molecule has 0 radical (unpaired) electrons. The summed E-state index contributed by atoms with van der Waals surface area (Å²) in [6.07, 6.45) is 0.563. The number of nitrogens with zero attached hydrogens (tertiary/aromatic N) is 2. The number of fused-ring (bicyclic) bond motifs is 1. The summed E-state index contributed by atoms with van der Waals surface area (Å²) < 4.78 is 75.2. The fraction of sp³-hybridized carbons (Fsp3) is 0.393. The number of aromatic nitrogens is 2. The molecule has 4 rings (SSSR count). The fourth-order valence-electron chi connectivity index (χ4n) is 4.37. The first-order valence-electron chi connectivity index (χ1n) is 12.7. The minimum Gasteiger partial charge on any atom is -0.497 e. The molecule has 2 aromatic carbocycles. The molecule has 0 bridgehead atoms. The van der Waals surface area contributed by atoms with Gasteiger partial charge in [-0.1, -0.05) is 30.7 Å². The van der Waals surface area contributed by atoms with E-state index < -0.39 is 46.3 Å². The second kappa shape index (κ2) is 13.3. The van der Waals surface area contributed by atoms with Crippen LogP contribution in [0, 0.1) is 12.8 Å². The first-order chi connectivity index (χ1) is 19.3. The van der Waals surface area contributed by atoms with Crippen molar-refractivity contribution in [2.24, 2.45) is 5.92 Å². The molecule has 2 heterocycles. The lowest BCUT2D eigenvalue weighted by Crippen LogP contribution is -2.37. The van der Waals surface area contributed by atoms with Crippen molar-refractivity contribution >= 4 is 27.1 Å². The molecule has 0 amide bonds. The van der Waals surface area contributed by atoms with Crippen LogP contribution in [0.25, 0.3) is 11.0 Å². The number of ether oxygens (including phenoxy) is 3. The fourth-order valence-corrected chi connectivity index (χ4v) is 4.85. The molecule has 1 aliphatic rings. The molecule has 0 aliphatic carbocycles. The van der Waals surface area contributed by atoms with Crippen LogP contribution in [-0.4, -0.2) is 61.8 Å². The Morgan fingerprint density at radius 3 is 2.41 bits per heavy atom. The number of hydrogen-bond acceptors (Lipinski definition) is 9. The summed E-state index contributed by atoms with van der Waals surface area (Å²) in [7, 11) is -1.21. The van der Waals surface area contributed by atoms with Gasteiger partial charge in [-0.15, -0.1) is 6.58 Å². The lowest BCUT2D eigenvalue weighted by molar-refractivity contribution is -0.144. The average molecular weight is 594 g/mol. The van der Waals surface area contributed by atoms with Crippen molar-refractivity contribution < 1.29 is 40.8 Å². The van der Waals surface area contributed by atoms with E-state index in [1.54, 1.807) is 30.3 Å². The zero-order chi connectivity index (χ0) is 30.4. The van der Waals surface area contributed by atoms with Crippen LogP contribution in [0.15, 0.2) is 60.0 Å². The van der Waals surface area contributed by atoms with Crippen molar-refractivity contribution in [1.82, 2.24) is 15.3 Å². The Bertz CT molecular complexity index is 1480. The van der Waals surface area contributed by atoms with Gasteiger partial charge in [0, 0.05) is 24.9 Å². The van der Waals surface area contributed by atoms with Crippen LogP contribution in [0.4, 0.5) is 8.78 Å². The third-order valence-electron chi connectivity index (χ3n) is 6.54. The van der Waals surface area contributed by atoms with Gasteiger partial charge < -0.3 is 19.5 Å². The van der Waals surface area contributed by atoms with Crippen molar-refractivity contribution in [3.63, 3.8) is 0 Å². The second-order valence-corrected chi connectivity index (χ2v) is 10.8. The van der Waals surface area contributed by atoms with Crippen molar-refractivity contribution in [2.75, 3.05) is 20.8 Å². The Balaban J connectivity index is 0.000000352. The number of carbonyl (C=O) groups excluding carboxylic acids is 1. The third-order valence-corrected chi connectivity index (χ3v) is 7.41. The third kappa shape index (κ3) is 7.75. The molecular weight excluding hydrogens is 560 g/mol. The maximum Gasteiger partial charge on any atom is 0.323 e. The van der Waals surface area contributed by atoms with Crippen LogP contribution in [0.5, 0.6) is 11.6 Å². The number of hydrogen-bond donors (Lipinski definition) is 2. The number of halogens is 2. The standard InChI is InChI=1S/C21H25F2N3O4.C7H8O3S/c1-5-9-21(22,23)18-19(26-15-10-12(28-3)7-8-14(15)25-18)30-16-11-24-17(13(16)6-2)20(27)29-4;1-6-2-4-7(5-3-6)11(8,9)10/h5,7-8,10,13,16-17,24H,1,6,9,11H2,2-4H3;2-5H,1H3,(H,8,9,10)/t13-,16?,17+;/m1./s1. The molecule has 0 spiro atoms. The van der Waals surface area contributed by atoms with Crippen molar-refractivity contribution in [1.29, 1.82) is 0 Å². The number of nitrogens with one attached hydrogen (secondary N) is 1. The van der Waals surface area contributed by atoms with Gasteiger partial charge in [0.05, 0.1) is 30.1 Å². The Morgan fingerprint density at radius 1 is 1.17 bits per heavy atom. The predicted octanol–water partition coefficient (Wildman–Crippen LogP) is 4.47. The largest absolute Gasteiger partial charge is 0.497 e. The summed E-state index contributed by atoms with van der Waals surface area (Å²) in [6, 6.07) is 10.2. The van der Waals surface area contributed by atoms with Gasteiger partial charge in [-0.2, -0.15) is 17.2 Å². The number of allylic oxidation sites excluding steroid dienone is 1. The summed E-state index contributed by atoms with van der Waals surface area (Å²) >= 11 is 0. The SMILES string of the molecule is C=CCC(F)(F)c1nc2ccc(OC)cc2nc1OC1CN[C@H](C(=O)OC)[C@@H]1CC.Cc1ccc(S(=O)(=O)O)cc1. The normalized spacial score (nSPS) is 18.8. The molecule has 3 atom stereocenters. The predicted molar refractivity (Wildman–Crippen MR) is 148 cm³/mol. The first kappa shape index (κ1) is 31.8. The molecular formula is C28H33F2N3O7S. The zero-order valence-electron chi connectivity index (χ0n) is 23.1. The van der Waals surface area contributed by atoms with Crippen LogP contribution in [0.2, 0.25) is 0 Å². The van der Waals surface area contributed by atoms with E-state index in [-0.39, 0.29) is 16.7 Å². The highest BCUT2D eigenvalue weighted by atomic mass is 32.2. The molecule has 41 heavy (non-hydrogen) atoms.